The molecule has 41 heavy (non-hydrogen) atoms. The number of hydrogen-bond acceptors (Lipinski definition) is 6. The third-order valence-electron chi connectivity index (χ3n) is 6.87. The molecule has 4 rings (SSSR count). The number of hydrogen-bond donors (Lipinski definition) is 3. The SMILES string of the molecule is C[C@@H]1CN([C@@H](C)CO)C(=O)c2cc(NS(=O)(=O)c3ccc(F)cc3)ccc2O[C@H]1CN(C)C(=O)Nc1ccccc1. The van der Waals surface area contributed by atoms with Crippen molar-refractivity contribution in [1.82, 2.24) is 9.80 Å². The summed E-state index contributed by atoms with van der Waals surface area (Å²) < 4.78 is 47.8. The highest BCUT2D eigenvalue weighted by molar-refractivity contribution is 7.92. The summed E-state index contributed by atoms with van der Waals surface area (Å²) in [5, 5.41) is 12.7. The van der Waals surface area contributed by atoms with Crippen LogP contribution >= 0.6 is 0 Å². The topological polar surface area (TPSA) is 128 Å². The van der Waals surface area contributed by atoms with Crippen LogP contribution < -0.4 is 14.8 Å². The molecular weight excluding hydrogens is 551 g/mol. The van der Waals surface area contributed by atoms with Gasteiger partial charge in [0.25, 0.3) is 15.9 Å². The second kappa shape index (κ2) is 12.6. The minimum absolute atomic E-state index is 0.0953. The molecule has 12 heteroatoms. The molecule has 0 fully saturated rings. The number of halogens is 1. The van der Waals surface area contributed by atoms with Crippen molar-refractivity contribution in [2.75, 3.05) is 36.8 Å². The first kappa shape index (κ1) is 29.8. The summed E-state index contributed by atoms with van der Waals surface area (Å²) in [5.41, 5.74) is 0.842. The van der Waals surface area contributed by atoms with E-state index in [0.717, 1.165) is 24.3 Å². The van der Waals surface area contributed by atoms with Gasteiger partial charge in [0.1, 0.15) is 17.7 Å². The Bertz CT molecular complexity index is 1490. The monoisotopic (exact) mass is 584 g/mol. The number of urea groups is 1. The highest BCUT2D eigenvalue weighted by atomic mass is 32.2. The second-order valence-electron chi connectivity index (χ2n) is 10.1. The summed E-state index contributed by atoms with van der Waals surface area (Å²) in [6.45, 7) is 3.74. The molecule has 0 bridgehead atoms. The van der Waals surface area contributed by atoms with Gasteiger partial charge in [0, 0.05) is 30.9 Å². The Morgan fingerprint density at radius 2 is 1.80 bits per heavy atom. The van der Waals surface area contributed by atoms with Gasteiger partial charge in [-0.05, 0) is 61.5 Å². The largest absolute Gasteiger partial charge is 0.487 e. The number of anilines is 2. The third kappa shape index (κ3) is 7.14. The Hall–Kier alpha value is -4.16. The number of rotatable bonds is 8. The molecule has 3 amide bonds. The number of aliphatic hydroxyl groups is 1. The average Bonchev–Trinajstić information content (AvgIpc) is 2.95. The fraction of sp³-hybridized carbons (Fsp3) is 0.310. The van der Waals surface area contributed by atoms with E-state index in [2.05, 4.69) is 10.0 Å². The highest BCUT2D eigenvalue weighted by Crippen LogP contribution is 2.31. The molecule has 0 unspecified atom stereocenters. The van der Waals surface area contributed by atoms with E-state index in [1.807, 2.05) is 25.1 Å². The van der Waals surface area contributed by atoms with Crippen LogP contribution in [0.25, 0.3) is 0 Å². The van der Waals surface area contributed by atoms with Gasteiger partial charge in [0.2, 0.25) is 0 Å². The fourth-order valence-electron chi connectivity index (χ4n) is 4.42. The van der Waals surface area contributed by atoms with Crippen LogP contribution in [0.15, 0.2) is 77.7 Å². The van der Waals surface area contributed by atoms with Gasteiger partial charge in [-0.2, -0.15) is 0 Å². The van der Waals surface area contributed by atoms with E-state index in [1.54, 1.807) is 26.1 Å². The van der Waals surface area contributed by atoms with Crippen LogP contribution in [0.4, 0.5) is 20.6 Å². The molecule has 3 aromatic carbocycles. The van der Waals surface area contributed by atoms with Gasteiger partial charge >= 0.3 is 6.03 Å². The van der Waals surface area contributed by atoms with Crippen LogP contribution in [0, 0.1) is 11.7 Å². The maximum absolute atomic E-state index is 13.6. The molecule has 1 aliphatic heterocycles. The highest BCUT2D eigenvalue weighted by Gasteiger charge is 2.34. The normalized spacial score (nSPS) is 17.9. The van der Waals surface area contributed by atoms with Crippen molar-refractivity contribution in [2.45, 2.75) is 30.9 Å². The first-order valence-electron chi connectivity index (χ1n) is 13.1. The van der Waals surface area contributed by atoms with E-state index >= 15 is 0 Å². The molecule has 0 saturated heterocycles. The number of fused-ring (bicyclic) bond motifs is 1. The predicted octanol–water partition coefficient (Wildman–Crippen LogP) is 4.01. The number of nitrogens with one attached hydrogen (secondary N) is 2. The van der Waals surface area contributed by atoms with Gasteiger partial charge in [-0.3, -0.25) is 9.52 Å². The number of ether oxygens (including phenoxy) is 1. The van der Waals surface area contributed by atoms with Crippen LogP contribution in [-0.2, 0) is 10.0 Å². The summed E-state index contributed by atoms with van der Waals surface area (Å²) in [5.74, 6) is -1.03. The van der Waals surface area contributed by atoms with Crippen LogP contribution in [0.5, 0.6) is 5.75 Å². The van der Waals surface area contributed by atoms with E-state index < -0.39 is 33.9 Å². The standard InChI is InChI=1S/C29H33FN4O6S/c1-19-16-34(20(2)18-35)28(36)25-15-23(32-41(38,39)24-12-9-21(30)10-13-24)11-14-26(25)40-27(19)17-33(3)29(37)31-22-7-5-4-6-8-22/h4-15,19-20,27,32,35H,16-18H2,1-3H3,(H,31,37)/t19-,20+,27+/m1/s1. The number of benzene rings is 3. The molecule has 3 N–H and O–H groups in total. The van der Waals surface area contributed by atoms with Crippen LogP contribution in [0.1, 0.15) is 24.2 Å². The first-order valence-corrected chi connectivity index (χ1v) is 14.5. The molecule has 0 aromatic heterocycles. The van der Waals surface area contributed by atoms with E-state index in [0.29, 0.717) is 5.69 Å². The van der Waals surface area contributed by atoms with E-state index in [9.17, 15) is 27.5 Å². The van der Waals surface area contributed by atoms with E-state index in [4.69, 9.17) is 4.74 Å². The second-order valence-corrected chi connectivity index (χ2v) is 11.8. The molecule has 0 aliphatic carbocycles. The van der Waals surface area contributed by atoms with Crippen LogP contribution in [-0.4, -0.2) is 74.2 Å². The molecular formula is C29H33FN4O6S. The van der Waals surface area contributed by atoms with Gasteiger partial charge in [0.15, 0.2) is 0 Å². The third-order valence-corrected chi connectivity index (χ3v) is 8.26. The van der Waals surface area contributed by atoms with E-state index in [-0.39, 0.29) is 53.5 Å². The number of para-hydroxylation sites is 1. The smallest absolute Gasteiger partial charge is 0.321 e. The van der Waals surface area contributed by atoms with Gasteiger partial charge < -0.3 is 25.0 Å². The minimum atomic E-state index is -4.07. The van der Waals surface area contributed by atoms with Crippen molar-refractivity contribution in [3.05, 3.63) is 84.2 Å². The zero-order valence-corrected chi connectivity index (χ0v) is 23.8. The number of nitrogens with zero attached hydrogens (tertiary/aromatic N) is 2. The van der Waals surface area contributed by atoms with Crippen molar-refractivity contribution in [3.8, 4) is 5.75 Å². The predicted molar refractivity (Wildman–Crippen MR) is 153 cm³/mol. The lowest BCUT2D eigenvalue weighted by Crippen LogP contribution is -2.50. The zero-order valence-electron chi connectivity index (χ0n) is 23.0. The Balaban J connectivity index is 1.62. The number of amides is 3. The number of carbonyl (C=O) groups is 2. The maximum atomic E-state index is 13.6. The first-order chi connectivity index (χ1) is 19.5. The van der Waals surface area contributed by atoms with Crippen LogP contribution in [0.3, 0.4) is 0 Å². The molecule has 1 aliphatic rings. The summed E-state index contributed by atoms with van der Waals surface area (Å²) in [4.78, 5) is 29.4. The summed E-state index contributed by atoms with van der Waals surface area (Å²) in [6.07, 6.45) is -0.538. The van der Waals surface area contributed by atoms with Crippen molar-refractivity contribution < 1.29 is 32.2 Å². The average molecular weight is 585 g/mol. The fourth-order valence-corrected chi connectivity index (χ4v) is 5.47. The molecule has 0 saturated carbocycles. The number of likely N-dealkylation sites (N-methyl/N-ethyl adjacent to an activating group) is 1. The van der Waals surface area contributed by atoms with Gasteiger partial charge in [-0.25, -0.2) is 17.6 Å². The molecule has 218 valence electrons. The van der Waals surface area contributed by atoms with E-state index in [1.165, 1.54) is 28.0 Å². The number of carbonyl (C=O) groups excluding carboxylic acids is 2. The Kier molecular flexibility index (Phi) is 9.14. The lowest BCUT2D eigenvalue weighted by molar-refractivity contribution is 0.0371. The van der Waals surface area contributed by atoms with Crippen molar-refractivity contribution in [2.24, 2.45) is 5.92 Å². The van der Waals surface area contributed by atoms with Crippen molar-refractivity contribution >= 4 is 33.3 Å². The Morgan fingerprint density at radius 1 is 1.12 bits per heavy atom. The Morgan fingerprint density at radius 3 is 2.46 bits per heavy atom. The quantitative estimate of drug-likeness (QED) is 0.367. The molecule has 3 aromatic rings. The minimum Gasteiger partial charge on any atom is -0.487 e. The number of sulfonamides is 1. The van der Waals surface area contributed by atoms with Crippen LogP contribution in [0.2, 0.25) is 0 Å². The van der Waals surface area contributed by atoms with Gasteiger partial charge in [0.05, 0.1) is 29.7 Å². The lowest BCUT2D eigenvalue weighted by atomic mass is 9.99. The molecule has 1 heterocycles. The molecule has 3 atom stereocenters. The zero-order chi connectivity index (χ0) is 29.7. The molecule has 0 radical (unpaired) electrons. The maximum Gasteiger partial charge on any atom is 0.321 e. The molecule has 0 spiro atoms. The van der Waals surface area contributed by atoms with Crippen molar-refractivity contribution in [3.63, 3.8) is 0 Å². The van der Waals surface area contributed by atoms with Gasteiger partial charge in [-0.1, -0.05) is 25.1 Å². The summed E-state index contributed by atoms with van der Waals surface area (Å²) in [7, 11) is -2.43. The summed E-state index contributed by atoms with van der Waals surface area (Å²) in [6, 6.07) is 16.8. The number of aliphatic hydroxyl groups excluding tert-OH is 1. The van der Waals surface area contributed by atoms with Gasteiger partial charge in [-0.15, -0.1) is 0 Å². The Labute approximate surface area is 238 Å². The summed E-state index contributed by atoms with van der Waals surface area (Å²) >= 11 is 0. The molecule has 10 nitrogen and oxygen atoms in total. The lowest BCUT2D eigenvalue weighted by Gasteiger charge is -2.38. The van der Waals surface area contributed by atoms with Crippen molar-refractivity contribution in [1.29, 1.82) is 0 Å².